The van der Waals surface area contributed by atoms with E-state index in [1.165, 1.54) is 0 Å². The zero-order chi connectivity index (χ0) is 23.1. The average molecular weight is 455 g/mol. The fraction of sp³-hybridized carbons (Fsp3) is 0.292. The Morgan fingerprint density at radius 3 is 2.62 bits per heavy atom. The maximum Gasteiger partial charge on any atom is 0.294 e. The molecule has 0 saturated carbocycles. The van der Waals surface area contributed by atoms with Gasteiger partial charge in [-0.2, -0.15) is 0 Å². The summed E-state index contributed by atoms with van der Waals surface area (Å²) < 4.78 is 11.3. The van der Waals surface area contributed by atoms with E-state index >= 15 is 0 Å². The number of nitrogens with one attached hydrogen (secondary N) is 1. The van der Waals surface area contributed by atoms with Crippen LogP contribution in [0, 0.1) is 6.92 Å². The number of hydrogen-bond donors (Lipinski definition) is 1. The molecule has 0 aromatic heterocycles. The van der Waals surface area contributed by atoms with Crippen molar-refractivity contribution in [1.29, 1.82) is 0 Å². The molecule has 3 rings (SSSR count). The molecule has 1 aliphatic rings. The fourth-order valence-corrected chi connectivity index (χ4v) is 3.91. The highest BCUT2D eigenvalue weighted by Gasteiger charge is 2.36. The van der Waals surface area contributed by atoms with Gasteiger partial charge in [-0.1, -0.05) is 25.1 Å². The van der Waals surface area contributed by atoms with Crippen LogP contribution < -0.4 is 14.8 Å². The molecule has 0 atom stereocenters. The number of benzene rings is 2. The quantitative estimate of drug-likeness (QED) is 0.545. The first kappa shape index (κ1) is 23.4. The Bertz CT molecular complexity index is 1050. The third-order valence-electron chi connectivity index (χ3n) is 4.50. The molecular weight excluding hydrogens is 428 g/mol. The lowest BCUT2D eigenvalue weighted by atomic mass is 10.2. The molecule has 0 spiro atoms. The molecule has 1 N–H and O–H groups in total. The minimum atomic E-state index is -0.497. The standard InChI is InChI=1S/C24H26N2O5S/c1-4-11-31-19-10-9-17(13-20(19)30-5-2)14-21-23(28)26(24(29)32-21)15-22(27)25-18-8-6-7-16(3)12-18/h6-10,12-14H,4-5,11,15H2,1-3H3,(H,25,27)/b21-14+. The van der Waals surface area contributed by atoms with Gasteiger partial charge < -0.3 is 14.8 Å². The number of nitrogens with zero attached hydrogens (tertiary/aromatic N) is 1. The highest BCUT2D eigenvalue weighted by molar-refractivity contribution is 8.18. The number of carbonyl (C=O) groups is 3. The van der Waals surface area contributed by atoms with Gasteiger partial charge in [-0.25, -0.2) is 0 Å². The van der Waals surface area contributed by atoms with Gasteiger partial charge in [0, 0.05) is 5.69 Å². The molecule has 168 valence electrons. The maximum absolute atomic E-state index is 12.8. The summed E-state index contributed by atoms with van der Waals surface area (Å²) in [6, 6.07) is 12.7. The van der Waals surface area contributed by atoms with Crippen molar-refractivity contribution in [2.45, 2.75) is 27.2 Å². The molecule has 7 nitrogen and oxygen atoms in total. The number of aryl methyl sites for hydroxylation is 1. The summed E-state index contributed by atoms with van der Waals surface area (Å²) in [6.07, 6.45) is 2.49. The summed E-state index contributed by atoms with van der Waals surface area (Å²) >= 11 is 0.811. The van der Waals surface area contributed by atoms with Crippen molar-refractivity contribution in [3.05, 3.63) is 58.5 Å². The average Bonchev–Trinajstić information content (AvgIpc) is 3.00. The number of anilines is 1. The number of hydrogen-bond acceptors (Lipinski definition) is 6. The number of thioether (sulfide) groups is 1. The molecule has 1 heterocycles. The molecule has 0 radical (unpaired) electrons. The third kappa shape index (κ3) is 5.91. The van der Waals surface area contributed by atoms with E-state index in [0.29, 0.717) is 36.0 Å². The second-order valence-corrected chi connectivity index (χ2v) is 8.17. The molecule has 0 unspecified atom stereocenters. The summed E-state index contributed by atoms with van der Waals surface area (Å²) in [5, 5.41) is 2.24. The van der Waals surface area contributed by atoms with Gasteiger partial charge in [-0.3, -0.25) is 19.3 Å². The normalized spacial score (nSPS) is 14.7. The monoisotopic (exact) mass is 454 g/mol. The molecule has 1 fully saturated rings. The lowest BCUT2D eigenvalue weighted by Crippen LogP contribution is -2.36. The van der Waals surface area contributed by atoms with Gasteiger partial charge in [0.05, 0.1) is 18.1 Å². The highest BCUT2D eigenvalue weighted by Crippen LogP contribution is 2.34. The molecule has 1 aliphatic heterocycles. The Balaban J connectivity index is 1.72. The van der Waals surface area contributed by atoms with Crippen molar-refractivity contribution in [3.8, 4) is 11.5 Å². The van der Waals surface area contributed by atoms with Crippen molar-refractivity contribution in [2.24, 2.45) is 0 Å². The van der Waals surface area contributed by atoms with E-state index in [9.17, 15) is 14.4 Å². The molecule has 8 heteroatoms. The van der Waals surface area contributed by atoms with Crippen molar-refractivity contribution in [2.75, 3.05) is 25.1 Å². The molecule has 2 aromatic carbocycles. The largest absolute Gasteiger partial charge is 0.490 e. The van der Waals surface area contributed by atoms with E-state index in [1.807, 2.05) is 39.0 Å². The van der Waals surface area contributed by atoms with Crippen molar-refractivity contribution in [1.82, 2.24) is 4.90 Å². The van der Waals surface area contributed by atoms with Crippen LogP contribution in [0.15, 0.2) is 47.4 Å². The van der Waals surface area contributed by atoms with Gasteiger partial charge in [-0.05, 0) is 73.5 Å². The minimum Gasteiger partial charge on any atom is -0.490 e. The van der Waals surface area contributed by atoms with Crippen molar-refractivity contribution in [3.63, 3.8) is 0 Å². The smallest absolute Gasteiger partial charge is 0.294 e. The first-order valence-electron chi connectivity index (χ1n) is 10.4. The van der Waals surface area contributed by atoms with Crippen LogP contribution in [0.3, 0.4) is 0 Å². The lowest BCUT2D eigenvalue weighted by Gasteiger charge is -2.13. The number of carbonyl (C=O) groups excluding carboxylic acids is 3. The van der Waals surface area contributed by atoms with Crippen LogP contribution in [0.1, 0.15) is 31.4 Å². The maximum atomic E-state index is 12.8. The van der Waals surface area contributed by atoms with Crippen molar-refractivity contribution < 1.29 is 23.9 Å². The number of rotatable bonds is 9. The SMILES string of the molecule is CCCOc1ccc(/C=C2/SC(=O)N(CC(=O)Nc3cccc(C)c3)C2=O)cc1OCC. The van der Waals surface area contributed by atoms with Gasteiger partial charge in [0.2, 0.25) is 5.91 Å². The third-order valence-corrected chi connectivity index (χ3v) is 5.41. The van der Waals surface area contributed by atoms with Gasteiger partial charge in [0.1, 0.15) is 6.54 Å². The fourth-order valence-electron chi connectivity index (χ4n) is 3.07. The van der Waals surface area contributed by atoms with Crippen LogP contribution in [0.5, 0.6) is 11.5 Å². The molecule has 32 heavy (non-hydrogen) atoms. The zero-order valence-corrected chi connectivity index (χ0v) is 19.2. The molecule has 0 aliphatic carbocycles. The van der Waals surface area contributed by atoms with Gasteiger partial charge >= 0.3 is 0 Å². The lowest BCUT2D eigenvalue weighted by molar-refractivity contribution is -0.127. The second kappa shape index (κ2) is 10.9. The van der Waals surface area contributed by atoms with E-state index in [1.54, 1.807) is 30.3 Å². The zero-order valence-electron chi connectivity index (χ0n) is 18.3. The Hall–Kier alpha value is -3.26. The first-order chi connectivity index (χ1) is 15.4. The number of imide groups is 1. The Labute approximate surface area is 191 Å². The van der Waals surface area contributed by atoms with E-state index in [2.05, 4.69) is 5.32 Å². The van der Waals surface area contributed by atoms with Gasteiger partial charge in [0.15, 0.2) is 11.5 Å². The molecule has 2 aromatic rings. The summed E-state index contributed by atoms with van der Waals surface area (Å²) in [5.41, 5.74) is 2.31. The number of amides is 3. The van der Waals surface area contributed by atoms with E-state index in [0.717, 1.165) is 28.6 Å². The number of ether oxygens (including phenoxy) is 2. The molecule has 0 bridgehead atoms. The topological polar surface area (TPSA) is 84.9 Å². The molecular formula is C24H26N2O5S. The van der Waals surface area contributed by atoms with E-state index in [-0.39, 0.29) is 11.4 Å². The summed E-state index contributed by atoms with van der Waals surface area (Å²) in [6.45, 7) is 6.51. The Kier molecular flexibility index (Phi) is 7.94. The van der Waals surface area contributed by atoms with Crippen LogP contribution in [0.25, 0.3) is 6.08 Å². The van der Waals surface area contributed by atoms with E-state index < -0.39 is 17.1 Å². The predicted octanol–water partition coefficient (Wildman–Crippen LogP) is 4.86. The van der Waals surface area contributed by atoms with Crippen LogP contribution in [0.4, 0.5) is 10.5 Å². The highest BCUT2D eigenvalue weighted by atomic mass is 32.2. The second-order valence-electron chi connectivity index (χ2n) is 7.17. The van der Waals surface area contributed by atoms with Crippen LogP contribution in [0.2, 0.25) is 0 Å². The van der Waals surface area contributed by atoms with Gasteiger partial charge in [0.25, 0.3) is 11.1 Å². The summed E-state index contributed by atoms with van der Waals surface area (Å²) in [5.74, 6) is 0.275. The summed E-state index contributed by atoms with van der Waals surface area (Å²) in [7, 11) is 0. The van der Waals surface area contributed by atoms with Crippen LogP contribution in [-0.2, 0) is 9.59 Å². The molecule has 3 amide bonds. The van der Waals surface area contributed by atoms with E-state index in [4.69, 9.17) is 9.47 Å². The van der Waals surface area contributed by atoms with Crippen LogP contribution in [-0.4, -0.2) is 41.7 Å². The molecule has 1 saturated heterocycles. The minimum absolute atomic E-state index is 0.253. The van der Waals surface area contributed by atoms with Crippen molar-refractivity contribution >= 4 is 40.6 Å². The summed E-state index contributed by atoms with van der Waals surface area (Å²) in [4.78, 5) is 38.7. The van der Waals surface area contributed by atoms with Crippen LogP contribution >= 0.6 is 11.8 Å². The first-order valence-corrected chi connectivity index (χ1v) is 11.2. The van der Waals surface area contributed by atoms with Gasteiger partial charge in [-0.15, -0.1) is 0 Å². The Morgan fingerprint density at radius 2 is 1.91 bits per heavy atom. The predicted molar refractivity (Wildman–Crippen MR) is 126 cm³/mol. The Morgan fingerprint density at radius 1 is 1.09 bits per heavy atom.